The molecular formula is C9H16N2O5S3. The van der Waals surface area contributed by atoms with Crippen LogP contribution in [0.2, 0.25) is 0 Å². The zero-order valence-corrected chi connectivity index (χ0v) is 13.0. The zero-order chi connectivity index (χ0) is 14.5. The van der Waals surface area contributed by atoms with Crippen LogP contribution in [-0.2, 0) is 26.0 Å². The standard InChI is InChI=1S/C9H16N2O5S3/c1-7-6-8(11-18(12)13)17-9(7)19(14,15)10-4-3-5-16-2/h6,10-11H,3-5H2,1-2H3,(H,12,13). The quantitative estimate of drug-likeness (QED) is 0.486. The molecule has 10 heteroatoms. The molecule has 0 aromatic carbocycles. The van der Waals surface area contributed by atoms with Gasteiger partial charge in [-0.2, -0.15) is 0 Å². The van der Waals surface area contributed by atoms with E-state index in [0.717, 1.165) is 11.3 Å². The summed E-state index contributed by atoms with van der Waals surface area (Å²) in [5, 5.41) is 0.329. The molecule has 3 N–H and O–H groups in total. The summed E-state index contributed by atoms with van der Waals surface area (Å²) in [7, 11) is -2.05. The number of rotatable bonds is 8. The predicted octanol–water partition coefficient (Wildman–Crippen LogP) is 0.920. The topological polar surface area (TPSA) is 105 Å². The van der Waals surface area contributed by atoms with Crippen molar-refractivity contribution in [3.63, 3.8) is 0 Å². The van der Waals surface area contributed by atoms with Crippen LogP contribution in [0.25, 0.3) is 0 Å². The van der Waals surface area contributed by atoms with Gasteiger partial charge in [0.1, 0.15) is 9.21 Å². The average Bonchev–Trinajstić information content (AvgIpc) is 2.65. The Morgan fingerprint density at radius 1 is 1.53 bits per heavy atom. The van der Waals surface area contributed by atoms with E-state index in [2.05, 4.69) is 9.44 Å². The summed E-state index contributed by atoms with van der Waals surface area (Å²) in [6, 6.07) is 1.52. The minimum absolute atomic E-state index is 0.137. The molecule has 1 atom stereocenters. The molecule has 0 radical (unpaired) electrons. The molecular weight excluding hydrogens is 312 g/mol. The predicted molar refractivity (Wildman–Crippen MR) is 75.1 cm³/mol. The largest absolute Gasteiger partial charge is 0.385 e. The maximum absolute atomic E-state index is 12.0. The van der Waals surface area contributed by atoms with Gasteiger partial charge in [0.2, 0.25) is 10.0 Å². The van der Waals surface area contributed by atoms with Gasteiger partial charge < -0.3 is 4.74 Å². The lowest BCUT2D eigenvalue weighted by molar-refractivity contribution is 0.196. The first kappa shape index (κ1) is 16.5. The number of hydrogen-bond donors (Lipinski definition) is 3. The van der Waals surface area contributed by atoms with E-state index < -0.39 is 21.3 Å². The first-order valence-corrected chi connectivity index (χ1v) is 8.74. The summed E-state index contributed by atoms with van der Waals surface area (Å²) >= 11 is -1.30. The van der Waals surface area contributed by atoms with Crippen molar-refractivity contribution in [1.29, 1.82) is 0 Å². The van der Waals surface area contributed by atoms with Crippen LogP contribution in [0.1, 0.15) is 12.0 Å². The molecule has 7 nitrogen and oxygen atoms in total. The van der Waals surface area contributed by atoms with Crippen molar-refractivity contribution >= 4 is 37.6 Å². The number of methoxy groups -OCH3 is 1. The molecule has 0 aliphatic heterocycles. The van der Waals surface area contributed by atoms with Gasteiger partial charge in [-0.3, -0.25) is 9.27 Å². The molecule has 1 unspecified atom stereocenters. The van der Waals surface area contributed by atoms with Gasteiger partial charge >= 0.3 is 0 Å². The van der Waals surface area contributed by atoms with Crippen molar-refractivity contribution in [3.05, 3.63) is 11.6 Å². The number of sulfonamides is 1. The molecule has 110 valence electrons. The Kier molecular flexibility index (Phi) is 6.36. The minimum Gasteiger partial charge on any atom is -0.385 e. The van der Waals surface area contributed by atoms with Gasteiger partial charge in [0, 0.05) is 20.3 Å². The number of aryl methyl sites for hydroxylation is 1. The summed E-state index contributed by atoms with van der Waals surface area (Å²) in [6.07, 6.45) is 0.575. The zero-order valence-electron chi connectivity index (χ0n) is 10.5. The van der Waals surface area contributed by atoms with Crippen LogP contribution in [0, 0.1) is 6.92 Å². The van der Waals surface area contributed by atoms with E-state index in [9.17, 15) is 12.6 Å². The molecule has 0 spiro atoms. The highest BCUT2D eigenvalue weighted by atomic mass is 32.2. The number of ether oxygens (including phenoxy) is 1. The van der Waals surface area contributed by atoms with E-state index in [-0.39, 0.29) is 10.8 Å². The molecule has 1 heterocycles. The van der Waals surface area contributed by atoms with Crippen LogP contribution in [0.5, 0.6) is 0 Å². The lowest BCUT2D eigenvalue weighted by Gasteiger charge is -2.05. The van der Waals surface area contributed by atoms with Crippen LogP contribution in [0.4, 0.5) is 5.00 Å². The summed E-state index contributed by atoms with van der Waals surface area (Å²) in [5.74, 6) is 0. The van der Waals surface area contributed by atoms with Crippen molar-refractivity contribution in [1.82, 2.24) is 4.72 Å². The molecule has 0 saturated carbocycles. The van der Waals surface area contributed by atoms with Crippen LogP contribution < -0.4 is 9.44 Å². The highest BCUT2D eigenvalue weighted by molar-refractivity contribution is 7.91. The molecule has 0 fully saturated rings. The first-order chi connectivity index (χ1) is 8.86. The van der Waals surface area contributed by atoms with Crippen molar-refractivity contribution in [3.8, 4) is 0 Å². The lowest BCUT2D eigenvalue weighted by Crippen LogP contribution is -2.25. The fraction of sp³-hybridized carbons (Fsp3) is 0.556. The number of nitrogens with one attached hydrogen (secondary N) is 2. The van der Waals surface area contributed by atoms with Crippen LogP contribution in [-0.4, -0.2) is 37.4 Å². The highest BCUT2D eigenvalue weighted by Crippen LogP contribution is 2.30. The van der Waals surface area contributed by atoms with E-state index in [4.69, 9.17) is 9.29 Å². The van der Waals surface area contributed by atoms with Crippen LogP contribution >= 0.6 is 11.3 Å². The summed E-state index contributed by atoms with van der Waals surface area (Å²) in [5.41, 5.74) is 0.525. The monoisotopic (exact) mass is 328 g/mol. The second-order valence-electron chi connectivity index (χ2n) is 3.68. The molecule has 1 aromatic heterocycles. The second-order valence-corrected chi connectivity index (χ2v) is 7.39. The van der Waals surface area contributed by atoms with Crippen LogP contribution in [0.3, 0.4) is 0 Å². The maximum atomic E-state index is 12.0. The van der Waals surface area contributed by atoms with Crippen molar-refractivity contribution in [2.75, 3.05) is 25.0 Å². The molecule has 1 rings (SSSR count). The molecule has 0 bridgehead atoms. The van der Waals surface area contributed by atoms with E-state index >= 15 is 0 Å². The van der Waals surface area contributed by atoms with Gasteiger partial charge in [-0.25, -0.2) is 17.3 Å². The summed E-state index contributed by atoms with van der Waals surface area (Å²) in [4.78, 5) is 0. The first-order valence-electron chi connectivity index (χ1n) is 5.33. The third-order valence-corrected chi connectivity index (χ3v) is 5.89. The fourth-order valence-corrected chi connectivity index (χ4v) is 4.54. The minimum atomic E-state index is -3.59. The van der Waals surface area contributed by atoms with Gasteiger partial charge in [0.15, 0.2) is 0 Å². The van der Waals surface area contributed by atoms with Gasteiger partial charge in [-0.05, 0) is 25.0 Å². The Bertz CT molecular complexity index is 540. The highest BCUT2D eigenvalue weighted by Gasteiger charge is 2.20. The molecule has 19 heavy (non-hydrogen) atoms. The fourth-order valence-electron chi connectivity index (χ4n) is 1.36. The Morgan fingerprint density at radius 3 is 2.79 bits per heavy atom. The SMILES string of the molecule is COCCCNS(=O)(=O)c1sc(NS(=O)O)cc1C. The summed E-state index contributed by atoms with van der Waals surface area (Å²) < 4.78 is 53.0. The van der Waals surface area contributed by atoms with Gasteiger partial charge in [0.25, 0.3) is 11.3 Å². The van der Waals surface area contributed by atoms with E-state index in [0.29, 0.717) is 23.6 Å². The number of anilines is 1. The van der Waals surface area contributed by atoms with Crippen LogP contribution in [0.15, 0.2) is 10.3 Å². The Labute approximate surface area is 118 Å². The van der Waals surface area contributed by atoms with E-state index in [1.54, 1.807) is 14.0 Å². The van der Waals surface area contributed by atoms with Crippen molar-refractivity contribution in [2.45, 2.75) is 17.6 Å². The third kappa shape index (κ3) is 5.16. The molecule has 0 aliphatic carbocycles. The normalized spacial score (nSPS) is 13.4. The third-order valence-electron chi connectivity index (χ3n) is 2.12. The summed E-state index contributed by atoms with van der Waals surface area (Å²) in [6.45, 7) is 2.39. The maximum Gasteiger partial charge on any atom is 0.259 e. The smallest absolute Gasteiger partial charge is 0.259 e. The Hall–Kier alpha value is -0.520. The molecule has 1 aromatic rings. The van der Waals surface area contributed by atoms with E-state index in [1.807, 2.05) is 0 Å². The lowest BCUT2D eigenvalue weighted by atomic mass is 10.4. The van der Waals surface area contributed by atoms with Gasteiger partial charge in [-0.15, -0.1) is 11.3 Å². The Morgan fingerprint density at radius 2 is 2.21 bits per heavy atom. The molecule has 0 amide bonds. The number of hydrogen-bond acceptors (Lipinski definition) is 5. The second kappa shape index (κ2) is 7.31. The Balaban J connectivity index is 2.77. The van der Waals surface area contributed by atoms with Crippen molar-refractivity contribution in [2.24, 2.45) is 0 Å². The van der Waals surface area contributed by atoms with Gasteiger partial charge in [0.05, 0.1) is 0 Å². The molecule has 0 saturated heterocycles. The van der Waals surface area contributed by atoms with Gasteiger partial charge in [-0.1, -0.05) is 0 Å². The molecule has 0 aliphatic rings. The number of thiophene rings is 1. The van der Waals surface area contributed by atoms with E-state index in [1.165, 1.54) is 6.07 Å². The average molecular weight is 328 g/mol. The van der Waals surface area contributed by atoms with Crippen molar-refractivity contribution < 1.29 is 21.9 Å².